The van der Waals surface area contributed by atoms with E-state index in [4.69, 9.17) is 11.6 Å². The molecule has 0 amide bonds. The molecule has 1 unspecified atom stereocenters. The molecular formula is C13H10BrClFNO. The van der Waals surface area contributed by atoms with E-state index in [0.29, 0.717) is 5.02 Å². The quantitative estimate of drug-likeness (QED) is 0.925. The second-order valence-electron chi connectivity index (χ2n) is 3.85. The maximum absolute atomic E-state index is 13.6. The van der Waals surface area contributed by atoms with E-state index in [1.807, 2.05) is 0 Å². The summed E-state index contributed by atoms with van der Waals surface area (Å²) < 4.78 is 14.3. The van der Waals surface area contributed by atoms with Gasteiger partial charge in [-0.3, -0.25) is 4.98 Å². The van der Waals surface area contributed by atoms with Crippen molar-refractivity contribution in [1.29, 1.82) is 0 Å². The van der Waals surface area contributed by atoms with Crippen molar-refractivity contribution in [2.45, 2.75) is 12.5 Å². The summed E-state index contributed by atoms with van der Waals surface area (Å²) in [6, 6.07) is 6.18. The van der Waals surface area contributed by atoms with Gasteiger partial charge >= 0.3 is 0 Å². The molecule has 1 atom stereocenters. The smallest absolute Gasteiger partial charge is 0.129 e. The van der Waals surface area contributed by atoms with Gasteiger partial charge in [-0.25, -0.2) is 4.39 Å². The van der Waals surface area contributed by atoms with E-state index in [1.54, 1.807) is 24.4 Å². The van der Waals surface area contributed by atoms with Crippen LogP contribution in [0.15, 0.2) is 41.1 Å². The Hall–Kier alpha value is -0.970. The van der Waals surface area contributed by atoms with Crippen molar-refractivity contribution in [1.82, 2.24) is 4.98 Å². The number of rotatable bonds is 3. The minimum atomic E-state index is -0.942. The zero-order valence-electron chi connectivity index (χ0n) is 9.28. The van der Waals surface area contributed by atoms with Crippen molar-refractivity contribution in [3.8, 4) is 0 Å². The van der Waals surface area contributed by atoms with E-state index in [9.17, 15) is 9.50 Å². The molecule has 2 rings (SSSR count). The first-order valence-electron chi connectivity index (χ1n) is 5.29. The van der Waals surface area contributed by atoms with Crippen LogP contribution in [0.25, 0.3) is 0 Å². The van der Waals surface area contributed by atoms with Crippen molar-refractivity contribution >= 4 is 27.5 Å². The Balaban J connectivity index is 2.25. The second kappa shape index (κ2) is 5.78. The number of hydrogen-bond acceptors (Lipinski definition) is 2. The molecule has 0 aliphatic rings. The molecule has 18 heavy (non-hydrogen) atoms. The molecule has 94 valence electrons. The van der Waals surface area contributed by atoms with Crippen LogP contribution in [0.1, 0.15) is 17.2 Å². The molecule has 0 bridgehead atoms. The molecule has 1 aromatic heterocycles. The molecule has 0 saturated carbocycles. The summed E-state index contributed by atoms with van der Waals surface area (Å²) in [7, 11) is 0. The highest BCUT2D eigenvalue weighted by Crippen LogP contribution is 2.26. The molecule has 0 radical (unpaired) electrons. The second-order valence-corrected chi connectivity index (χ2v) is 5.18. The number of nitrogens with zero attached hydrogens (tertiary/aromatic N) is 1. The van der Waals surface area contributed by atoms with E-state index in [1.165, 1.54) is 12.3 Å². The summed E-state index contributed by atoms with van der Waals surface area (Å²) in [5.41, 5.74) is 0.982. The van der Waals surface area contributed by atoms with Crippen LogP contribution in [-0.4, -0.2) is 10.1 Å². The molecule has 2 nitrogen and oxygen atoms in total. The first kappa shape index (κ1) is 13.5. The van der Waals surface area contributed by atoms with Gasteiger partial charge in [0.05, 0.1) is 11.1 Å². The van der Waals surface area contributed by atoms with Gasteiger partial charge in [-0.15, -0.1) is 0 Å². The van der Waals surface area contributed by atoms with E-state index in [-0.39, 0.29) is 12.0 Å². The van der Waals surface area contributed by atoms with Crippen molar-refractivity contribution < 1.29 is 9.50 Å². The number of pyridine rings is 1. The fourth-order valence-corrected chi connectivity index (χ4v) is 2.23. The molecule has 0 fully saturated rings. The lowest BCUT2D eigenvalue weighted by Gasteiger charge is -2.13. The van der Waals surface area contributed by atoms with E-state index < -0.39 is 11.9 Å². The highest BCUT2D eigenvalue weighted by molar-refractivity contribution is 9.10. The number of benzene rings is 1. The third kappa shape index (κ3) is 3.07. The van der Waals surface area contributed by atoms with Crippen LogP contribution in [-0.2, 0) is 6.42 Å². The lowest BCUT2D eigenvalue weighted by atomic mass is 10.0. The maximum atomic E-state index is 13.6. The lowest BCUT2D eigenvalue weighted by molar-refractivity contribution is 0.173. The van der Waals surface area contributed by atoms with Gasteiger partial charge in [0, 0.05) is 28.9 Å². The van der Waals surface area contributed by atoms with Crippen molar-refractivity contribution in [2.75, 3.05) is 0 Å². The van der Waals surface area contributed by atoms with Crippen molar-refractivity contribution in [3.63, 3.8) is 0 Å². The Morgan fingerprint density at radius 1 is 1.39 bits per heavy atom. The molecule has 5 heteroatoms. The molecule has 0 aliphatic carbocycles. The molecule has 0 spiro atoms. The summed E-state index contributed by atoms with van der Waals surface area (Å²) in [6.07, 6.45) is 2.39. The Kier molecular flexibility index (Phi) is 4.32. The maximum Gasteiger partial charge on any atom is 0.129 e. The fraction of sp³-hybridized carbons (Fsp3) is 0.154. The topological polar surface area (TPSA) is 33.1 Å². The Morgan fingerprint density at radius 2 is 2.17 bits per heavy atom. The molecule has 2 aromatic rings. The number of aliphatic hydroxyl groups excluding tert-OH is 1. The van der Waals surface area contributed by atoms with Crippen molar-refractivity contribution in [2.24, 2.45) is 0 Å². The van der Waals surface area contributed by atoms with Gasteiger partial charge in [0.2, 0.25) is 0 Å². The van der Waals surface area contributed by atoms with Crippen LogP contribution in [0.4, 0.5) is 4.39 Å². The molecule has 1 aromatic carbocycles. The summed E-state index contributed by atoms with van der Waals surface area (Å²) in [6.45, 7) is 0. The first-order valence-corrected chi connectivity index (χ1v) is 6.46. The zero-order valence-corrected chi connectivity index (χ0v) is 11.6. The van der Waals surface area contributed by atoms with Gasteiger partial charge in [0.25, 0.3) is 0 Å². The van der Waals surface area contributed by atoms with Crippen LogP contribution >= 0.6 is 27.5 Å². The SMILES string of the molecule is OC(Cc1ccncc1Cl)c1cc(Br)ccc1F. The predicted molar refractivity (Wildman–Crippen MR) is 72.0 cm³/mol. The molecule has 0 saturated heterocycles. The van der Waals surface area contributed by atoms with Gasteiger partial charge < -0.3 is 5.11 Å². The predicted octanol–water partition coefficient (Wildman–Crippen LogP) is 3.91. The van der Waals surface area contributed by atoms with E-state index in [2.05, 4.69) is 20.9 Å². The highest BCUT2D eigenvalue weighted by atomic mass is 79.9. The molecule has 0 aliphatic heterocycles. The minimum absolute atomic E-state index is 0.245. The Morgan fingerprint density at radius 3 is 2.89 bits per heavy atom. The van der Waals surface area contributed by atoms with Gasteiger partial charge in [0.1, 0.15) is 5.82 Å². The average molecular weight is 331 g/mol. The monoisotopic (exact) mass is 329 g/mol. The summed E-state index contributed by atoms with van der Waals surface area (Å²) in [5, 5.41) is 10.5. The van der Waals surface area contributed by atoms with E-state index >= 15 is 0 Å². The lowest BCUT2D eigenvalue weighted by Crippen LogP contribution is -2.05. The molecule has 1 heterocycles. The van der Waals surface area contributed by atoms with Crippen molar-refractivity contribution in [3.05, 3.63) is 63.1 Å². The fourth-order valence-electron chi connectivity index (χ4n) is 1.66. The number of halogens is 3. The van der Waals surface area contributed by atoms with Gasteiger partial charge in [0.15, 0.2) is 0 Å². The normalized spacial score (nSPS) is 12.4. The average Bonchev–Trinajstić information content (AvgIpc) is 2.35. The number of aliphatic hydroxyl groups is 1. The van der Waals surface area contributed by atoms with Gasteiger partial charge in [-0.05, 0) is 29.8 Å². The summed E-state index contributed by atoms with van der Waals surface area (Å²) in [5.74, 6) is -0.434. The Labute approximate surface area is 118 Å². The summed E-state index contributed by atoms with van der Waals surface area (Å²) >= 11 is 9.20. The van der Waals surface area contributed by atoms with Gasteiger partial charge in [-0.1, -0.05) is 27.5 Å². The van der Waals surface area contributed by atoms with Crippen LogP contribution in [0.2, 0.25) is 5.02 Å². The number of hydrogen-bond donors (Lipinski definition) is 1. The zero-order chi connectivity index (χ0) is 13.1. The third-order valence-corrected chi connectivity index (χ3v) is 3.42. The van der Waals surface area contributed by atoms with Gasteiger partial charge in [-0.2, -0.15) is 0 Å². The molecule has 1 N–H and O–H groups in total. The molecular weight excluding hydrogens is 321 g/mol. The first-order chi connectivity index (χ1) is 8.58. The third-order valence-electron chi connectivity index (χ3n) is 2.59. The van der Waals surface area contributed by atoms with Crippen LogP contribution in [0.5, 0.6) is 0 Å². The van der Waals surface area contributed by atoms with Crippen LogP contribution in [0, 0.1) is 5.82 Å². The number of aromatic nitrogens is 1. The largest absolute Gasteiger partial charge is 0.388 e. The van der Waals surface area contributed by atoms with Crippen LogP contribution in [0.3, 0.4) is 0 Å². The standard InChI is InChI=1S/C13H10BrClFNO/c14-9-1-2-12(16)10(6-9)13(18)5-8-3-4-17-7-11(8)15/h1-4,6-7,13,18H,5H2. The van der Waals surface area contributed by atoms with Crippen LogP contribution < -0.4 is 0 Å². The minimum Gasteiger partial charge on any atom is -0.388 e. The Bertz CT molecular complexity index is 564. The summed E-state index contributed by atoms with van der Waals surface area (Å²) in [4.78, 5) is 3.86. The highest BCUT2D eigenvalue weighted by Gasteiger charge is 2.15. The van der Waals surface area contributed by atoms with E-state index in [0.717, 1.165) is 10.0 Å².